The van der Waals surface area contributed by atoms with Crippen LogP contribution in [0.2, 0.25) is 0 Å². The Kier molecular flexibility index (Phi) is 6.22. The van der Waals surface area contributed by atoms with Crippen LogP contribution in [0.25, 0.3) is 0 Å². The normalized spacial score (nSPS) is 23.7. The largest absolute Gasteiger partial charge is 0.416 e. The highest BCUT2D eigenvalue weighted by molar-refractivity contribution is 5.84. The molecule has 0 N–H and O–H groups in total. The van der Waals surface area contributed by atoms with Crippen LogP contribution in [0.3, 0.4) is 0 Å². The molecule has 2 atom stereocenters. The molecular formula is C21H28F3N3O2. The molecule has 0 aliphatic carbocycles. The molecular weight excluding hydrogens is 383 g/mol. The van der Waals surface area contributed by atoms with Crippen molar-refractivity contribution in [1.29, 1.82) is 0 Å². The van der Waals surface area contributed by atoms with Gasteiger partial charge in [0.25, 0.3) is 0 Å². The number of likely N-dealkylation sites (tertiary alicyclic amines) is 1. The standard InChI is InChI=1S/C21H28F3N3O2/c1-14(2)19(28)27-12-17(15-5-4-6-16(11-15)21(22,23)24)18(13-27)20(29)26-9-7-25(3)8-10-26/h4-6,11,14,17-18H,7-10,12-13H2,1-3H3/t17-,18-/m0/s1. The van der Waals surface area contributed by atoms with Crippen molar-refractivity contribution < 1.29 is 22.8 Å². The van der Waals surface area contributed by atoms with Gasteiger partial charge in [-0.3, -0.25) is 9.59 Å². The first kappa shape index (κ1) is 21.6. The Morgan fingerprint density at radius 2 is 1.69 bits per heavy atom. The van der Waals surface area contributed by atoms with E-state index in [9.17, 15) is 22.8 Å². The number of benzene rings is 1. The number of nitrogens with zero attached hydrogens (tertiary/aromatic N) is 3. The number of piperazine rings is 1. The van der Waals surface area contributed by atoms with Crippen LogP contribution in [0.1, 0.15) is 30.9 Å². The summed E-state index contributed by atoms with van der Waals surface area (Å²) in [5.74, 6) is -1.33. The highest BCUT2D eigenvalue weighted by atomic mass is 19.4. The van der Waals surface area contributed by atoms with Gasteiger partial charge in [-0.05, 0) is 18.7 Å². The fourth-order valence-corrected chi connectivity index (χ4v) is 4.14. The Morgan fingerprint density at radius 1 is 1.03 bits per heavy atom. The lowest BCUT2D eigenvalue weighted by atomic mass is 9.87. The molecule has 2 fully saturated rings. The van der Waals surface area contributed by atoms with Gasteiger partial charge in [-0.15, -0.1) is 0 Å². The highest BCUT2D eigenvalue weighted by Gasteiger charge is 2.43. The van der Waals surface area contributed by atoms with Gasteiger partial charge < -0.3 is 14.7 Å². The minimum Gasteiger partial charge on any atom is -0.341 e. The fourth-order valence-electron chi connectivity index (χ4n) is 4.14. The number of hydrogen-bond donors (Lipinski definition) is 0. The first-order valence-electron chi connectivity index (χ1n) is 10.0. The van der Waals surface area contributed by atoms with Crippen LogP contribution >= 0.6 is 0 Å². The van der Waals surface area contributed by atoms with Crippen molar-refractivity contribution in [3.8, 4) is 0 Å². The second kappa shape index (κ2) is 8.34. The van der Waals surface area contributed by atoms with Crippen molar-refractivity contribution in [2.45, 2.75) is 25.9 Å². The summed E-state index contributed by atoms with van der Waals surface area (Å²) in [6.07, 6.45) is -4.45. The molecule has 2 aliphatic heterocycles. The molecule has 2 saturated heterocycles. The molecule has 160 valence electrons. The van der Waals surface area contributed by atoms with E-state index >= 15 is 0 Å². The molecule has 0 aromatic heterocycles. The van der Waals surface area contributed by atoms with Crippen molar-refractivity contribution >= 4 is 11.8 Å². The Hall–Kier alpha value is -2.09. The smallest absolute Gasteiger partial charge is 0.341 e. The van der Waals surface area contributed by atoms with Gasteiger partial charge >= 0.3 is 6.18 Å². The molecule has 1 aromatic carbocycles. The maximum absolute atomic E-state index is 13.3. The summed E-state index contributed by atoms with van der Waals surface area (Å²) in [6, 6.07) is 5.17. The summed E-state index contributed by atoms with van der Waals surface area (Å²) in [4.78, 5) is 31.4. The predicted molar refractivity (Wildman–Crippen MR) is 103 cm³/mol. The molecule has 29 heavy (non-hydrogen) atoms. The second-order valence-corrected chi connectivity index (χ2v) is 8.36. The van der Waals surface area contributed by atoms with Gasteiger partial charge in [0.15, 0.2) is 0 Å². The molecule has 1 aromatic rings. The first-order valence-corrected chi connectivity index (χ1v) is 10.0. The third kappa shape index (κ3) is 4.74. The zero-order valence-corrected chi connectivity index (χ0v) is 17.1. The molecule has 3 rings (SSSR count). The third-order valence-electron chi connectivity index (χ3n) is 5.90. The maximum atomic E-state index is 13.3. The summed E-state index contributed by atoms with van der Waals surface area (Å²) in [5.41, 5.74) is -0.263. The quantitative estimate of drug-likeness (QED) is 0.768. The first-order chi connectivity index (χ1) is 13.6. The van der Waals surface area contributed by atoms with Gasteiger partial charge in [-0.25, -0.2) is 0 Å². The van der Waals surface area contributed by atoms with E-state index in [-0.39, 0.29) is 30.8 Å². The highest BCUT2D eigenvalue weighted by Crippen LogP contribution is 2.37. The Labute approximate surface area is 169 Å². The topological polar surface area (TPSA) is 43.9 Å². The van der Waals surface area contributed by atoms with Gasteiger partial charge in [0.05, 0.1) is 11.5 Å². The minimum absolute atomic E-state index is 0.0698. The molecule has 5 nitrogen and oxygen atoms in total. The van der Waals surface area contributed by atoms with E-state index in [2.05, 4.69) is 4.90 Å². The Bertz CT molecular complexity index is 758. The van der Waals surface area contributed by atoms with Crippen LogP contribution in [0, 0.1) is 11.8 Å². The molecule has 0 bridgehead atoms. The minimum atomic E-state index is -4.45. The zero-order valence-electron chi connectivity index (χ0n) is 17.1. The van der Waals surface area contributed by atoms with E-state index in [1.165, 1.54) is 6.07 Å². The number of likely N-dealkylation sites (N-methyl/N-ethyl adjacent to an activating group) is 1. The lowest BCUT2D eigenvalue weighted by Crippen LogP contribution is -2.50. The van der Waals surface area contributed by atoms with Crippen LogP contribution in [0.4, 0.5) is 13.2 Å². The van der Waals surface area contributed by atoms with E-state index in [0.29, 0.717) is 18.7 Å². The van der Waals surface area contributed by atoms with Crippen molar-refractivity contribution in [3.63, 3.8) is 0 Å². The van der Waals surface area contributed by atoms with Crippen LogP contribution in [0.5, 0.6) is 0 Å². The molecule has 2 amide bonds. The van der Waals surface area contributed by atoms with Crippen molar-refractivity contribution in [2.75, 3.05) is 46.3 Å². The number of carbonyl (C=O) groups excluding carboxylic acids is 2. The summed E-state index contributed by atoms with van der Waals surface area (Å²) >= 11 is 0. The number of rotatable bonds is 3. The van der Waals surface area contributed by atoms with Crippen LogP contribution in [0.15, 0.2) is 24.3 Å². The van der Waals surface area contributed by atoms with Gasteiger partial charge in [0.1, 0.15) is 0 Å². The van der Waals surface area contributed by atoms with E-state index in [0.717, 1.165) is 25.2 Å². The predicted octanol–water partition coefficient (Wildman–Crippen LogP) is 2.68. The van der Waals surface area contributed by atoms with Crippen LogP contribution in [-0.2, 0) is 15.8 Å². The number of hydrogen-bond acceptors (Lipinski definition) is 3. The number of alkyl halides is 3. The van der Waals surface area contributed by atoms with Crippen LogP contribution < -0.4 is 0 Å². The molecule has 0 saturated carbocycles. The average Bonchev–Trinajstić information content (AvgIpc) is 3.12. The van der Waals surface area contributed by atoms with E-state index in [1.54, 1.807) is 29.7 Å². The third-order valence-corrected chi connectivity index (χ3v) is 5.90. The van der Waals surface area contributed by atoms with Crippen molar-refractivity contribution in [3.05, 3.63) is 35.4 Å². The lowest BCUT2D eigenvalue weighted by molar-refractivity contribution is -0.138. The van der Waals surface area contributed by atoms with E-state index < -0.39 is 23.6 Å². The van der Waals surface area contributed by atoms with Gasteiger partial charge in [0.2, 0.25) is 11.8 Å². The summed E-state index contributed by atoms with van der Waals surface area (Å²) in [5, 5.41) is 0. The fraction of sp³-hybridized carbons (Fsp3) is 0.619. The van der Waals surface area contributed by atoms with Gasteiger partial charge in [-0.1, -0.05) is 32.0 Å². The van der Waals surface area contributed by atoms with Gasteiger partial charge in [0, 0.05) is 51.1 Å². The van der Waals surface area contributed by atoms with Crippen molar-refractivity contribution in [1.82, 2.24) is 14.7 Å². The SMILES string of the molecule is CC(C)C(=O)N1C[C@H](C(=O)N2CCN(C)CC2)[C@H](c2cccc(C(F)(F)F)c2)C1. The zero-order chi connectivity index (χ0) is 21.3. The molecule has 2 aliphatic rings. The van der Waals surface area contributed by atoms with E-state index in [4.69, 9.17) is 0 Å². The van der Waals surface area contributed by atoms with Crippen molar-refractivity contribution in [2.24, 2.45) is 11.8 Å². The number of carbonyl (C=O) groups is 2. The van der Waals surface area contributed by atoms with E-state index in [1.807, 2.05) is 7.05 Å². The summed E-state index contributed by atoms with van der Waals surface area (Å²) < 4.78 is 39.6. The number of amides is 2. The monoisotopic (exact) mass is 411 g/mol. The maximum Gasteiger partial charge on any atom is 0.416 e. The second-order valence-electron chi connectivity index (χ2n) is 8.36. The molecule has 0 unspecified atom stereocenters. The molecule has 2 heterocycles. The Morgan fingerprint density at radius 3 is 2.28 bits per heavy atom. The lowest BCUT2D eigenvalue weighted by Gasteiger charge is -2.35. The van der Waals surface area contributed by atoms with Gasteiger partial charge in [-0.2, -0.15) is 13.2 Å². The Balaban J connectivity index is 1.89. The summed E-state index contributed by atoms with van der Waals surface area (Å²) in [7, 11) is 1.99. The molecule has 0 spiro atoms. The molecule has 8 heteroatoms. The summed E-state index contributed by atoms with van der Waals surface area (Å²) in [6.45, 7) is 6.82. The van der Waals surface area contributed by atoms with Crippen LogP contribution in [-0.4, -0.2) is 72.8 Å². The number of halogens is 3. The average molecular weight is 411 g/mol. The molecule has 0 radical (unpaired) electrons.